The second-order valence-electron chi connectivity index (χ2n) is 6.94. The highest BCUT2D eigenvalue weighted by Gasteiger charge is 2.20. The Balaban J connectivity index is 1.58. The first-order valence-electron chi connectivity index (χ1n) is 9.40. The van der Waals surface area contributed by atoms with Gasteiger partial charge in [0.2, 0.25) is 0 Å². The first-order valence-corrected chi connectivity index (χ1v) is 9.40. The van der Waals surface area contributed by atoms with Gasteiger partial charge in [0.15, 0.2) is 0 Å². The third-order valence-electron chi connectivity index (χ3n) is 4.99. The fourth-order valence-electron chi connectivity index (χ4n) is 3.43. The predicted molar refractivity (Wildman–Crippen MR) is 108 cm³/mol. The molecule has 0 spiro atoms. The SMILES string of the molecule is N#C/C(=C/N1CCC(Cc2ccccc2)CC1)C(=O)Nc1ccccc1C#N. The second kappa shape index (κ2) is 9.39. The van der Waals surface area contributed by atoms with Crippen molar-refractivity contribution in [1.29, 1.82) is 10.5 Å². The Morgan fingerprint density at radius 2 is 1.75 bits per heavy atom. The van der Waals surface area contributed by atoms with Crippen LogP contribution in [0.3, 0.4) is 0 Å². The van der Waals surface area contributed by atoms with Crippen molar-refractivity contribution in [1.82, 2.24) is 4.90 Å². The lowest BCUT2D eigenvalue weighted by atomic mass is 9.90. The number of benzene rings is 2. The van der Waals surface area contributed by atoms with E-state index in [1.165, 1.54) is 5.56 Å². The molecular formula is C23H22N4O. The van der Waals surface area contributed by atoms with Crippen molar-refractivity contribution in [3.05, 3.63) is 77.5 Å². The Hall–Kier alpha value is -3.57. The van der Waals surface area contributed by atoms with Gasteiger partial charge in [-0.1, -0.05) is 42.5 Å². The summed E-state index contributed by atoms with van der Waals surface area (Å²) >= 11 is 0. The summed E-state index contributed by atoms with van der Waals surface area (Å²) in [6.07, 6.45) is 4.77. The molecule has 28 heavy (non-hydrogen) atoms. The number of nitrogens with one attached hydrogen (secondary N) is 1. The van der Waals surface area contributed by atoms with E-state index in [4.69, 9.17) is 5.26 Å². The smallest absolute Gasteiger partial charge is 0.267 e. The third kappa shape index (κ3) is 4.99. The van der Waals surface area contributed by atoms with Gasteiger partial charge in [-0.2, -0.15) is 10.5 Å². The number of piperidine rings is 1. The molecule has 1 saturated heterocycles. The topological polar surface area (TPSA) is 79.9 Å². The van der Waals surface area contributed by atoms with Crippen LogP contribution in [0, 0.1) is 28.6 Å². The van der Waals surface area contributed by atoms with Crippen molar-refractivity contribution in [3.63, 3.8) is 0 Å². The maximum absolute atomic E-state index is 12.5. The minimum atomic E-state index is -0.489. The molecule has 1 amide bonds. The molecule has 1 heterocycles. The van der Waals surface area contributed by atoms with Crippen LogP contribution in [-0.2, 0) is 11.2 Å². The molecule has 3 rings (SSSR count). The van der Waals surface area contributed by atoms with Gasteiger partial charge in [-0.25, -0.2) is 0 Å². The van der Waals surface area contributed by atoms with Gasteiger partial charge < -0.3 is 10.2 Å². The normalized spacial score (nSPS) is 14.8. The van der Waals surface area contributed by atoms with Gasteiger partial charge in [0.1, 0.15) is 17.7 Å². The molecule has 2 aromatic rings. The van der Waals surface area contributed by atoms with E-state index in [1.807, 2.05) is 23.1 Å². The van der Waals surface area contributed by atoms with E-state index in [0.29, 0.717) is 17.2 Å². The van der Waals surface area contributed by atoms with E-state index in [9.17, 15) is 10.1 Å². The average molecular weight is 370 g/mol. The maximum Gasteiger partial charge on any atom is 0.267 e. The number of anilines is 1. The van der Waals surface area contributed by atoms with Gasteiger partial charge in [-0.05, 0) is 42.9 Å². The van der Waals surface area contributed by atoms with Crippen LogP contribution in [-0.4, -0.2) is 23.9 Å². The number of para-hydroxylation sites is 1. The molecule has 5 heteroatoms. The number of nitriles is 2. The molecule has 1 aliphatic heterocycles. The fourth-order valence-corrected chi connectivity index (χ4v) is 3.43. The molecule has 0 unspecified atom stereocenters. The lowest BCUT2D eigenvalue weighted by Crippen LogP contribution is -2.31. The average Bonchev–Trinajstić information content (AvgIpc) is 2.74. The number of likely N-dealkylation sites (tertiary alicyclic amines) is 1. The number of carbonyl (C=O) groups is 1. The number of hydrogen-bond acceptors (Lipinski definition) is 4. The van der Waals surface area contributed by atoms with Gasteiger partial charge in [-0.3, -0.25) is 4.79 Å². The van der Waals surface area contributed by atoms with Crippen molar-refractivity contribution in [2.45, 2.75) is 19.3 Å². The van der Waals surface area contributed by atoms with Crippen LogP contribution in [0.2, 0.25) is 0 Å². The molecule has 0 bridgehead atoms. The van der Waals surface area contributed by atoms with Crippen molar-refractivity contribution in [3.8, 4) is 12.1 Å². The molecule has 5 nitrogen and oxygen atoms in total. The number of rotatable bonds is 5. The number of carbonyl (C=O) groups excluding carboxylic acids is 1. The minimum Gasteiger partial charge on any atom is -0.376 e. The Bertz CT molecular complexity index is 929. The monoisotopic (exact) mass is 370 g/mol. The maximum atomic E-state index is 12.5. The molecule has 0 atom stereocenters. The van der Waals surface area contributed by atoms with Gasteiger partial charge in [-0.15, -0.1) is 0 Å². The highest BCUT2D eigenvalue weighted by atomic mass is 16.1. The molecule has 0 aromatic heterocycles. The third-order valence-corrected chi connectivity index (χ3v) is 4.99. The fraction of sp³-hybridized carbons (Fsp3) is 0.261. The Morgan fingerprint density at radius 1 is 1.07 bits per heavy atom. The molecule has 0 aliphatic carbocycles. The van der Waals surface area contributed by atoms with E-state index in [1.54, 1.807) is 30.5 Å². The highest BCUT2D eigenvalue weighted by molar-refractivity contribution is 6.07. The second-order valence-corrected chi connectivity index (χ2v) is 6.94. The standard InChI is InChI=1S/C23H22N4O/c24-15-20-8-4-5-9-22(20)26-23(28)21(16-25)17-27-12-10-19(11-13-27)14-18-6-2-1-3-7-18/h1-9,17,19H,10-14H2,(H,26,28)/b21-17-. The number of hydrogen-bond donors (Lipinski definition) is 1. The number of nitrogens with zero attached hydrogens (tertiary/aromatic N) is 3. The van der Waals surface area contributed by atoms with Gasteiger partial charge in [0.25, 0.3) is 5.91 Å². The Morgan fingerprint density at radius 3 is 2.43 bits per heavy atom. The van der Waals surface area contributed by atoms with Gasteiger partial charge >= 0.3 is 0 Å². The molecule has 0 radical (unpaired) electrons. The van der Waals surface area contributed by atoms with Crippen LogP contribution >= 0.6 is 0 Å². The van der Waals surface area contributed by atoms with E-state index in [2.05, 4.69) is 29.6 Å². The van der Waals surface area contributed by atoms with Crippen LogP contribution in [0.1, 0.15) is 24.0 Å². The Labute approximate surface area is 165 Å². The summed E-state index contributed by atoms with van der Waals surface area (Å²) in [6, 6.07) is 21.2. The molecule has 0 saturated carbocycles. The van der Waals surface area contributed by atoms with Gasteiger partial charge in [0, 0.05) is 19.3 Å². The minimum absolute atomic E-state index is 0.0502. The van der Waals surface area contributed by atoms with Crippen LogP contribution in [0.4, 0.5) is 5.69 Å². The van der Waals surface area contributed by atoms with Crippen LogP contribution in [0.15, 0.2) is 66.4 Å². The van der Waals surface area contributed by atoms with E-state index in [-0.39, 0.29) is 5.57 Å². The van der Waals surface area contributed by atoms with Crippen molar-refractivity contribution >= 4 is 11.6 Å². The zero-order chi connectivity index (χ0) is 19.8. The lowest BCUT2D eigenvalue weighted by molar-refractivity contribution is -0.112. The summed E-state index contributed by atoms with van der Waals surface area (Å²) < 4.78 is 0. The quantitative estimate of drug-likeness (QED) is 0.640. The largest absolute Gasteiger partial charge is 0.376 e. The van der Waals surface area contributed by atoms with Crippen molar-refractivity contribution in [2.24, 2.45) is 5.92 Å². The zero-order valence-corrected chi connectivity index (χ0v) is 15.6. The van der Waals surface area contributed by atoms with Crippen LogP contribution < -0.4 is 5.32 Å². The number of amides is 1. The van der Waals surface area contributed by atoms with Crippen molar-refractivity contribution < 1.29 is 4.79 Å². The molecular weight excluding hydrogens is 348 g/mol. The lowest BCUT2D eigenvalue weighted by Gasteiger charge is -2.31. The van der Waals surface area contributed by atoms with Crippen LogP contribution in [0.5, 0.6) is 0 Å². The molecule has 1 fully saturated rings. The first-order chi connectivity index (χ1) is 13.7. The molecule has 1 N–H and O–H groups in total. The summed E-state index contributed by atoms with van der Waals surface area (Å²) in [5, 5.41) is 21.2. The zero-order valence-electron chi connectivity index (χ0n) is 15.6. The summed E-state index contributed by atoms with van der Waals surface area (Å²) in [5.41, 5.74) is 2.19. The molecule has 2 aromatic carbocycles. The summed E-state index contributed by atoms with van der Waals surface area (Å²) in [4.78, 5) is 14.5. The predicted octanol–water partition coefficient (Wildman–Crippen LogP) is 3.86. The van der Waals surface area contributed by atoms with Crippen molar-refractivity contribution in [2.75, 3.05) is 18.4 Å². The summed E-state index contributed by atoms with van der Waals surface area (Å²) in [7, 11) is 0. The van der Waals surface area contributed by atoms with Gasteiger partial charge in [0.05, 0.1) is 11.3 Å². The summed E-state index contributed by atoms with van der Waals surface area (Å²) in [6.45, 7) is 1.65. The summed E-state index contributed by atoms with van der Waals surface area (Å²) in [5.74, 6) is 0.130. The highest BCUT2D eigenvalue weighted by Crippen LogP contribution is 2.22. The molecule has 140 valence electrons. The molecule has 1 aliphatic rings. The van der Waals surface area contributed by atoms with E-state index in [0.717, 1.165) is 32.4 Å². The van der Waals surface area contributed by atoms with E-state index >= 15 is 0 Å². The van der Waals surface area contributed by atoms with E-state index < -0.39 is 5.91 Å². The Kier molecular flexibility index (Phi) is 6.44. The van der Waals surface area contributed by atoms with Crippen LogP contribution in [0.25, 0.3) is 0 Å². The first kappa shape index (κ1) is 19.2.